The summed E-state index contributed by atoms with van der Waals surface area (Å²) < 4.78 is 43.3. The van der Waals surface area contributed by atoms with Gasteiger partial charge in [0, 0.05) is 26.2 Å². The molecule has 2 atom stereocenters. The van der Waals surface area contributed by atoms with E-state index in [1.54, 1.807) is 26.0 Å². The predicted molar refractivity (Wildman–Crippen MR) is 118 cm³/mol. The van der Waals surface area contributed by atoms with Gasteiger partial charge in [0.1, 0.15) is 11.4 Å². The van der Waals surface area contributed by atoms with Crippen LogP contribution in [0.3, 0.4) is 0 Å². The Hall–Kier alpha value is -1.01. The number of halogens is 4. The standard InChI is InChI=1S/C19H31F3N4O2.HI/c1-4-23-17(24-13-18(3,27)16-7-6-10-28-16)26-9-8-15(12-26)11-25(5-2)14-19(20,21)22;/h6-7,10,15,27H,4-5,8-9,11-14H2,1-3H3,(H,23,24);1H. The van der Waals surface area contributed by atoms with Crippen molar-refractivity contribution in [3.63, 3.8) is 0 Å². The Labute approximate surface area is 187 Å². The average molecular weight is 532 g/mol. The van der Waals surface area contributed by atoms with Crippen LogP contribution in [-0.2, 0) is 5.60 Å². The minimum Gasteiger partial charge on any atom is -0.466 e. The summed E-state index contributed by atoms with van der Waals surface area (Å²) in [7, 11) is 0. The number of nitrogens with one attached hydrogen (secondary N) is 1. The van der Waals surface area contributed by atoms with E-state index in [-0.39, 0.29) is 36.4 Å². The fraction of sp³-hybridized carbons (Fsp3) is 0.737. The van der Waals surface area contributed by atoms with Crippen molar-refractivity contribution in [3.8, 4) is 0 Å². The smallest absolute Gasteiger partial charge is 0.401 e. The van der Waals surface area contributed by atoms with Gasteiger partial charge in [0.05, 0.1) is 19.4 Å². The zero-order chi connectivity index (χ0) is 20.8. The lowest BCUT2D eigenvalue weighted by atomic mass is 10.0. The van der Waals surface area contributed by atoms with Crippen LogP contribution in [0.2, 0.25) is 0 Å². The molecule has 1 saturated heterocycles. The number of hydrogen-bond acceptors (Lipinski definition) is 4. The third-order valence-corrected chi connectivity index (χ3v) is 4.88. The van der Waals surface area contributed by atoms with Crippen molar-refractivity contribution in [1.82, 2.24) is 15.1 Å². The van der Waals surface area contributed by atoms with Gasteiger partial charge in [-0.15, -0.1) is 24.0 Å². The van der Waals surface area contributed by atoms with E-state index >= 15 is 0 Å². The molecule has 2 heterocycles. The van der Waals surface area contributed by atoms with E-state index in [1.807, 2.05) is 11.8 Å². The summed E-state index contributed by atoms with van der Waals surface area (Å²) in [6, 6.07) is 3.42. The van der Waals surface area contributed by atoms with Crippen molar-refractivity contribution in [3.05, 3.63) is 24.2 Å². The molecule has 0 aromatic carbocycles. The molecule has 0 bridgehead atoms. The highest BCUT2D eigenvalue weighted by atomic mass is 127. The summed E-state index contributed by atoms with van der Waals surface area (Å²) in [5.41, 5.74) is -1.23. The maximum atomic E-state index is 12.7. The summed E-state index contributed by atoms with van der Waals surface area (Å²) in [6.07, 6.45) is -1.86. The van der Waals surface area contributed by atoms with Crippen LogP contribution in [0, 0.1) is 5.92 Å². The molecule has 1 aliphatic heterocycles. The monoisotopic (exact) mass is 532 g/mol. The van der Waals surface area contributed by atoms with E-state index in [1.165, 1.54) is 11.2 Å². The number of aliphatic imine (C=N–C) groups is 1. The fourth-order valence-electron chi connectivity index (χ4n) is 3.42. The molecule has 0 spiro atoms. The Bertz CT molecular complexity index is 623. The Morgan fingerprint density at radius 2 is 2.14 bits per heavy atom. The van der Waals surface area contributed by atoms with E-state index in [0.717, 1.165) is 13.0 Å². The van der Waals surface area contributed by atoms with Crippen molar-refractivity contribution in [1.29, 1.82) is 0 Å². The van der Waals surface area contributed by atoms with Gasteiger partial charge in [-0.3, -0.25) is 4.90 Å². The lowest BCUT2D eigenvalue weighted by Crippen LogP contribution is -2.42. The number of nitrogens with zero attached hydrogens (tertiary/aromatic N) is 3. The third-order valence-electron chi connectivity index (χ3n) is 4.88. The maximum absolute atomic E-state index is 12.7. The molecule has 6 nitrogen and oxygen atoms in total. The van der Waals surface area contributed by atoms with Crippen LogP contribution >= 0.6 is 24.0 Å². The summed E-state index contributed by atoms with van der Waals surface area (Å²) in [5, 5.41) is 13.8. The van der Waals surface area contributed by atoms with Crippen molar-refractivity contribution in [2.24, 2.45) is 10.9 Å². The second-order valence-corrected chi connectivity index (χ2v) is 7.46. The van der Waals surface area contributed by atoms with E-state index in [0.29, 0.717) is 37.9 Å². The van der Waals surface area contributed by atoms with Crippen LogP contribution in [0.25, 0.3) is 0 Å². The quantitative estimate of drug-likeness (QED) is 0.306. The van der Waals surface area contributed by atoms with E-state index in [4.69, 9.17) is 4.42 Å². The molecule has 1 aromatic rings. The molecule has 0 radical (unpaired) electrons. The highest BCUT2D eigenvalue weighted by Crippen LogP contribution is 2.23. The second kappa shape index (κ2) is 11.4. The number of guanidine groups is 1. The van der Waals surface area contributed by atoms with Gasteiger partial charge in [0.2, 0.25) is 0 Å². The summed E-state index contributed by atoms with van der Waals surface area (Å²) in [4.78, 5) is 8.04. The molecule has 2 N–H and O–H groups in total. The zero-order valence-corrected chi connectivity index (χ0v) is 19.5. The van der Waals surface area contributed by atoms with Gasteiger partial charge >= 0.3 is 6.18 Å². The molecule has 1 aliphatic rings. The number of likely N-dealkylation sites (tertiary alicyclic amines) is 1. The molecule has 1 fully saturated rings. The number of alkyl halides is 3. The van der Waals surface area contributed by atoms with Crippen molar-refractivity contribution >= 4 is 29.9 Å². The largest absolute Gasteiger partial charge is 0.466 e. The van der Waals surface area contributed by atoms with Crippen LogP contribution in [-0.4, -0.2) is 72.9 Å². The molecule has 2 unspecified atom stereocenters. The molecule has 1 aromatic heterocycles. The van der Waals surface area contributed by atoms with Crippen molar-refractivity contribution in [2.75, 3.05) is 45.8 Å². The van der Waals surface area contributed by atoms with E-state index in [9.17, 15) is 18.3 Å². The lowest BCUT2D eigenvalue weighted by molar-refractivity contribution is -0.146. The van der Waals surface area contributed by atoms with E-state index < -0.39 is 18.3 Å². The molecule has 0 saturated carbocycles. The number of hydrogen-bond donors (Lipinski definition) is 2. The fourth-order valence-corrected chi connectivity index (χ4v) is 3.42. The Morgan fingerprint density at radius 3 is 2.69 bits per heavy atom. The van der Waals surface area contributed by atoms with Gasteiger partial charge in [-0.05, 0) is 44.9 Å². The lowest BCUT2D eigenvalue weighted by Gasteiger charge is -2.26. The summed E-state index contributed by atoms with van der Waals surface area (Å²) >= 11 is 0. The first-order valence-corrected chi connectivity index (χ1v) is 9.73. The molecular formula is C19H32F3IN4O2. The van der Waals surface area contributed by atoms with Crippen LogP contribution < -0.4 is 5.32 Å². The maximum Gasteiger partial charge on any atom is 0.401 e. The van der Waals surface area contributed by atoms with Gasteiger partial charge in [-0.25, -0.2) is 4.99 Å². The molecule has 10 heteroatoms. The van der Waals surface area contributed by atoms with Crippen LogP contribution in [0.1, 0.15) is 33.0 Å². The minimum absolute atomic E-state index is 0. The van der Waals surface area contributed by atoms with E-state index in [2.05, 4.69) is 10.3 Å². The number of aliphatic hydroxyl groups is 1. The normalized spacial score (nSPS) is 19.9. The summed E-state index contributed by atoms with van der Waals surface area (Å²) in [5.74, 6) is 1.25. The van der Waals surface area contributed by atoms with Crippen LogP contribution in [0.5, 0.6) is 0 Å². The number of furan rings is 1. The molecule has 0 aliphatic carbocycles. The molecule has 2 rings (SSSR count). The highest BCUT2D eigenvalue weighted by molar-refractivity contribution is 14.0. The SMILES string of the molecule is CCNC(=NCC(C)(O)c1ccco1)N1CCC(CN(CC)CC(F)(F)F)C1.I. The van der Waals surface area contributed by atoms with Crippen LogP contribution in [0.15, 0.2) is 27.8 Å². The first kappa shape index (κ1) is 26.0. The Kier molecular flexibility index (Phi) is 10.2. The van der Waals surface area contributed by atoms with Gasteiger partial charge in [0.15, 0.2) is 5.96 Å². The molecule has 0 amide bonds. The van der Waals surface area contributed by atoms with Gasteiger partial charge in [-0.1, -0.05) is 6.92 Å². The van der Waals surface area contributed by atoms with Crippen molar-refractivity contribution in [2.45, 2.75) is 39.0 Å². The minimum atomic E-state index is -4.18. The van der Waals surface area contributed by atoms with Gasteiger partial charge in [0.25, 0.3) is 0 Å². The number of rotatable bonds is 8. The Balaban J connectivity index is 0.00000420. The topological polar surface area (TPSA) is 64.2 Å². The predicted octanol–water partition coefficient (Wildman–Crippen LogP) is 3.28. The summed E-state index contributed by atoms with van der Waals surface area (Å²) in [6.45, 7) is 7.41. The van der Waals surface area contributed by atoms with Crippen molar-refractivity contribution < 1.29 is 22.7 Å². The zero-order valence-electron chi connectivity index (χ0n) is 17.2. The molecular weight excluding hydrogens is 500 g/mol. The molecule has 168 valence electrons. The third kappa shape index (κ3) is 8.33. The van der Waals surface area contributed by atoms with Gasteiger partial charge in [-0.2, -0.15) is 13.2 Å². The average Bonchev–Trinajstić information content (AvgIpc) is 3.29. The van der Waals surface area contributed by atoms with Gasteiger partial charge < -0.3 is 19.7 Å². The highest BCUT2D eigenvalue weighted by Gasteiger charge is 2.33. The molecule has 29 heavy (non-hydrogen) atoms. The van der Waals surface area contributed by atoms with Crippen LogP contribution in [0.4, 0.5) is 13.2 Å². The second-order valence-electron chi connectivity index (χ2n) is 7.46. The first-order chi connectivity index (χ1) is 13.1. The first-order valence-electron chi connectivity index (χ1n) is 9.73. The Morgan fingerprint density at radius 1 is 1.41 bits per heavy atom.